The largest absolute Gasteiger partial charge is 0.481 e. The van der Waals surface area contributed by atoms with Crippen molar-refractivity contribution >= 4 is 35.7 Å². The molecule has 0 fully saturated rings. The molecule has 0 unspecified atom stereocenters. The Balaban J connectivity index is 3.52. The Bertz CT molecular complexity index is 775. The number of carboxylic acids is 2. The average molecular weight is 654 g/mol. The number of esters is 3. The van der Waals surface area contributed by atoms with Crippen LogP contribution in [-0.2, 0) is 33.4 Å². The summed E-state index contributed by atoms with van der Waals surface area (Å²) in [5.41, 5.74) is 0. The van der Waals surface area contributed by atoms with Crippen molar-refractivity contribution in [2.75, 3.05) is 0 Å². The predicted molar refractivity (Wildman–Crippen MR) is 179 cm³/mol. The molecule has 266 valence electrons. The van der Waals surface area contributed by atoms with Crippen molar-refractivity contribution in [3.8, 4) is 0 Å². The predicted octanol–water partition coefficient (Wildman–Crippen LogP) is 9.45. The van der Waals surface area contributed by atoms with Crippen LogP contribution in [0.3, 0.4) is 0 Å². The van der Waals surface area contributed by atoms with Crippen LogP contribution >= 0.6 is 0 Å². The maximum Gasteiger partial charge on any atom is 0.313 e. The summed E-state index contributed by atoms with van der Waals surface area (Å²) < 4.78 is 9.81. The van der Waals surface area contributed by atoms with Crippen molar-refractivity contribution < 1.29 is 43.7 Å². The van der Waals surface area contributed by atoms with E-state index in [1.54, 1.807) is 0 Å². The van der Waals surface area contributed by atoms with Gasteiger partial charge in [0.2, 0.25) is 0 Å². The number of nitrogens with one attached hydrogen (secondary N) is 1. The summed E-state index contributed by atoms with van der Waals surface area (Å²) in [6, 6.07) is 0. The number of hydrogen-bond acceptors (Lipinski definition) is 8. The first-order chi connectivity index (χ1) is 22.2. The van der Waals surface area contributed by atoms with Gasteiger partial charge in [0, 0.05) is 32.1 Å². The Hall–Kier alpha value is -2.78. The zero-order valence-electron chi connectivity index (χ0n) is 28.5. The van der Waals surface area contributed by atoms with Gasteiger partial charge in [-0.25, -0.2) is 0 Å². The standard InChI is InChI=1S/C36H63NO9/c37-31(45-34(42)27-23-19-15-11-7-3-1-5-9-13-17-21-25-32(38)39)29-30-36(44)46-35(43)28-24-20-16-12-8-4-2-6-10-14-18-22-26-33(40)41/h37H,1-30H2,(H,38,39)(H,40,41). The van der Waals surface area contributed by atoms with E-state index < -0.39 is 29.8 Å². The third kappa shape index (κ3) is 34.1. The van der Waals surface area contributed by atoms with Gasteiger partial charge in [-0.2, -0.15) is 0 Å². The molecule has 0 aromatic carbocycles. The monoisotopic (exact) mass is 653 g/mol. The van der Waals surface area contributed by atoms with Gasteiger partial charge >= 0.3 is 29.8 Å². The molecule has 0 aliphatic carbocycles. The normalized spacial score (nSPS) is 10.9. The summed E-state index contributed by atoms with van der Waals surface area (Å²) in [4.78, 5) is 56.7. The molecule has 0 radical (unpaired) electrons. The van der Waals surface area contributed by atoms with Crippen LogP contribution < -0.4 is 0 Å². The molecule has 0 spiro atoms. The number of carbonyl (C=O) groups excluding carboxylic acids is 3. The molecule has 10 heteroatoms. The topological polar surface area (TPSA) is 168 Å². The molecule has 0 aromatic heterocycles. The van der Waals surface area contributed by atoms with Crippen LogP contribution in [-0.4, -0.2) is 46.0 Å². The fourth-order valence-electron chi connectivity index (χ4n) is 5.31. The van der Waals surface area contributed by atoms with Crippen molar-refractivity contribution in [1.29, 1.82) is 5.41 Å². The molecule has 0 bridgehead atoms. The first-order valence-corrected chi connectivity index (χ1v) is 18.2. The third-order valence-corrected chi connectivity index (χ3v) is 8.06. The molecule has 3 N–H and O–H groups in total. The Morgan fingerprint density at radius 3 is 0.870 bits per heavy atom. The Kier molecular flexibility index (Phi) is 30.2. The van der Waals surface area contributed by atoms with Crippen molar-refractivity contribution in [3.05, 3.63) is 0 Å². The Morgan fingerprint density at radius 2 is 0.565 bits per heavy atom. The first-order valence-electron chi connectivity index (χ1n) is 18.2. The molecule has 0 aromatic rings. The number of rotatable bonds is 33. The maximum absolute atomic E-state index is 12.0. The van der Waals surface area contributed by atoms with Gasteiger partial charge in [0.05, 0.1) is 6.42 Å². The number of hydrogen-bond donors (Lipinski definition) is 3. The minimum absolute atomic E-state index is 0.0785. The van der Waals surface area contributed by atoms with Crippen molar-refractivity contribution in [2.24, 2.45) is 0 Å². The summed E-state index contributed by atoms with van der Waals surface area (Å²) in [5, 5.41) is 25.0. The van der Waals surface area contributed by atoms with Gasteiger partial charge in [0.25, 0.3) is 0 Å². The lowest BCUT2D eigenvalue weighted by Gasteiger charge is -2.06. The molecule has 0 atom stereocenters. The highest BCUT2D eigenvalue weighted by Gasteiger charge is 2.14. The second kappa shape index (κ2) is 32.2. The van der Waals surface area contributed by atoms with E-state index >= 15 is 0 Å². The summed E-state index contributed by atoms with van der Waals surface area (Å²) in [6.45, 7) is 0. The second-order valence-electron chi connectivity index (χ2n) is 12.5. The lowest BCUT2D eigenvalue weighted by molar-refractivity contribution is -0.160. The minimum Gasteiger partial charge on any atom is -0.481 e. The Labute approximate surface area is 277 Å². The molecular formula is C36H63NO9. The average Bonchev–Trinajstić information content (AvgIpc) is 3.00. The zero-order valence-corrected chi connectivity index (χ0v) is 28.5. The van der Waals surface area contributed by atoms with Gasteiger partial charge in [0.1, 0.15) is 0 Å². The third-order valence-electron chi connectivity index (χ3n) is 8.06. The molecule has 0 aliphatic rings. The van der Waals surface area contributed by atoms with E-state index in [-0.39, 0.29) is 44.4 Å². The number of unbranched alkanes of at least 4 members (excludes halogenated alkanes) is 22. The lowest BCUT2D eigenvalue weighted by atomic mass is 10.0. The van der Waals surface area contributed by atoms with Crippen LogP contribution in [0.2, 0.25) is 0 Å². The van der Waals surface area contributed by atoms with Gasteiger partial charge < -0.3 is 19.7 Å². The molecule has 46 heavy (non-hydrogen) atoms. The number of ether oxygens (including phenoxy) is 2. The molecule has 0 aliphatic heterocycles. The maximum atomic E-state index is 12.0. The summed E-state index contributed by atoms with van der Waals surface area (Å²) >= 11 is 0. The van der Waals surface area contributed by atoms with E-state index in [0.717, 1.165) is 83.5 Å². The van der Waals surface area contributed by atoms with Gasteiger partial charge in [-0.1, -0.05) is 128 Å². The highest BCUT2D eigenvalue weighted by Crippen LogP contribution is 2.15. The number of carboxylic acid groups (broad SMARTS) is 2. The van der Waals surface area contributed by atoms with E-state index in [1.807, 2.05) is 0 Å². The molecule has 0 saturated carbocycles. The molecule has 0 saturated heterocycles. The molecular weight excluding hydrogens is 590 g/mol. The number of aliphatic carboxylic acids is 2. The van der Waals surface area contributed by atoms with Crippen LogP contribution in [0.1, 0.15) is 193 Å². The smallest absolute Gasteiger partial charge is 0.313 e. The molecule has 10 nitrogen and oxygen atoms in total. The van der Waals surface area contributed by atoms with E-state index in [0.29, 0.717) is 12.8 Å². The molecule has 0 heterocycles. The van der Waals surface area contributed by atoms with Gasteiger partial charge in [-0.15, -0.1) is 0 Å². The van der Waals surface area contributed by atoms with Crippen LogP contribution in [0.25, 0.3) is 0 Å². The fraction of sp³-hybridized carbons (Fsp3) is 0.833. The van der Waals surface area contributed by atoms with E-state index in [4.69, 9.17) is 25.1 Å². The lowest BCUT2D eigenvalue weighted by Crippen LogP contribution is -2.16. The first kappa shape index (κ1) is 43.2. The van der Waals surface area contributed by atoms with E-state index in [2.05, 4.69) is 0 Å². The van der Waals surface area contributed by atoms with Gasteiger partial charge in [-0.05, 0) is 25.7 Å². The van der Waals surface area contributed by atoms with E-state index in [9.17, 15) is 24.0 Å². The van der Waals surface area contributed by atoms with Crippen LogP contribution in [0, 0.1) is 5.41 Å². The quantitative estimate of drug-likeness (QED) is 0.0205. The summed E-state index contributed by atoms with van der Waals surface area (Å²) in [7, 11) is 0. The fourth-order valence-corrected chi connectivity index (χ4v) is 5.31. The van der Waals surface area contributed by atoms with Crippen molar-refractivity contribution in [1.82, 2.24) is 0 Å². The van der Waals surface area contributed by atoms with Crippen LogP contribution in [0.15, 0.2) is 0 Å². The molecule has 0 amide bonds. The van der Waals surface area contributed by atoms with Crippen LogP contribution in [0.4, 0.5) is 0 Å². The van der Waals surface area contributed by atoms with E-state index in [1.165, 1.54) is 57.8 Å². The summed E-state index contributed by atoms with van der Waals surface area (Å²) in [6.07, 6.45) is 25.9. The summed E-state index contributed by atoms with van der Waals surface area (Å²) in [5.74, 6) is -3.44. The number of carbonyl (C=O) groups is 5. The highest BCUT2D eigenvalue weighted by atomic mass is 16.6. The Morgan fingerprint density at radius 1 is 0.326 bits per heavy atom. The SMILES string of the molecule is N=C(CCC(=O)OC(=O)CCCCCCCCCCCCCCC(=O)O)OC(=O)CCCCCCCCCCCCCCC(=O)O. The zero-order chi connectivity index (χ0) is 34.1. The molecule has 0 rings (SSSR count). The highest BCUT2D eigenvalue weighted by molar-refractivity contribution is 5.90. The minimum atomic E-state index is -0.716. The van der Waals surface area contributed by atoms with Gasteiger partial charge in [0.15, 0.2) is 5.90 Å². The van der Waals surface area contributed by atoms with Crippen molar-refractivity contribution in [3.63, 3.8) is 0 Å². The van der Waals surface area contributed by atoms with Gasteiger partial charge in [-0.3, -0.25) is 29.4 Å². The van der Waals surface area contributed by atoms with Crippen molar-refractivity contribution in [2.45, 2.75) is 193 Å². The van der Waals surface area contributed by atoms with Crippen LogP contribution in [0.5, 0.6) is 0 Å². The second-order valence-corrected chi connectivity index (χ2v) is 12.5.